The summed E-state index contributed by atoms with van der Waals surface area (Å²) >= 11 is 2.88. The van der Waals surface area contributed by atoms with E-state index in [9.17, 15) is 4.39 Å². The second kappa shape index (κ2) is 5.88. The molecule has 0 fully saturated rings. The van der Waals surface area contributed by atoms with E-state index in [2.05, 4.69) is 15.3 Å². The number of hydrogen-bond donors (Lipinski definition) is 1. The Hall–Kier alpha value is -2.45. The summed E-state index contributed by atoms with van der Waals surface area (Å²) in [5, 5.41) is 4.57. The van der Waals surface area contributed by atoms with Crippen LogP contribution in [0.15, 0.2) is 30.3 Å². The molecule has 4 aromatic rings. The van der Waals surface area contributed by atoms with Crippen molar-refractivity contribution in [1.82, 2.24) is 9.97 Å². The molecule has 24 heavy (non-hydrogen) atoms. The number of anilines is 2. The minimum absolute atomic E-state index is 0.267. The van der Waals surface area contributed by atoms with Gasteiger partial charge in [-0.25, -0.2) is 14.4 Å². The Labute approximate surface area is 144 Å². The predicted octanol–water partition coefficient (Wildman–Crippen LogP) is 4.81. The summed E-state index contributed by atoms with van der Waals surface area (Å²) in [6.07, 6.45) is 0. The number of thiazole rings is 2. The van der Waals surface area contributed by atoms with Gasteiger partial charge in [0.15, 0.2) is 21.8 Å². The molecule has 0 amide bonds. The molecule has 4 rings (SSSR count). The Kier molecular flexibility index (Phi) is 3.70. The van der Waals surface area contributed by atoms with Crippen LogP contribution in [-0.2, 0) is 0 Å². The molecule has 0 radical (unpaired) electrons. The van der Waals surface area contributed by atoms with Crippen LogP contribution < -0.4 is 14.8 Å². The van der Waals surface area contributed by atoms with Crippen LogP contribution in [0.3, 0.4) is 0 Å². The van der Waals surface area contributed by atoms with Crippen LogP contribution in [0.1, 0.15) is 0 Å². The van der Waals surface area contributed by atoms with Gasteiger partial charge in [0.1, 0.15) is 5.82 Å². The molecule has 0 saturated heterocycles. The summed E-state index contributed by atoms with van der Waals surface area (Å²) in [4.78, 5) is 8.99. The lowest BCUT2D eigenvalue weighted by Gasteiger charge is -2.05. The van der Waals surface area contributed by atoms with Crippen LogP contribution in [0.25, 0.3) is 20.4 Å². The van der Waals surface area contributed by atoms with Crippen molar-refractivity contribution in [3.8, 4) is 11.5 Å². The molecule has 0 bridgehead atoms. The highest BCUT2D eigenvalue weighted by atomic mass is 32.1. The van der Waals surface area contributed by atoms with E-state index in [0.717, 1.165) is 20.4 Å². The standard InChI is InChI=1S/C16H12FN3O2S2/c1-21-11-6-10-14(7-12(11)22-2)24-16(19-10)20-15-18-9-4-3-8(17)5-13(9)23-15/h3-7H,1-2H3,(H,18,19,20). The van der Waals surface area contributed by atoms with Gasteiger partial charge in [-0.05, 0) is 18.2 Å². The normalized spacial score (nSPS) is 11.1. The molecule has 0 aliphatic carbocycles. The Morgan fingerprint density at radius 1 is 0.875 bits per heavy atom. The van der Waals surface area contributed by atoms with Crippen LogP contribution in [0.5, 0.6) is 11.5 Å². The lowest BCUT2D eigenvalue weighted by molar-refractivity contribution is 0.356. The number of benzene rings is 2. The van der Waals surface area contributed by atoms with Gasteiger partial charge >= 0.3 is 0 Å². The molecular formula is C16H12FN3O2S2. The minimum Gasteiger partial charge on any atom is -0.493 e. The Morgan fingerprint density at radius 3 is 2.21 bits per heavy atom. The molecule has 2 heterocycles. The van der Waals surface area contributed by atoms with Crippen LogP contribution in [0.2, 0.25) is 0 Å². The third kappa shape index (κ3) is 2.63. The molecule has 122 valence electrons. The summed E-state index contributed by atoms with van der Waals surface area (Å²) in [5.74, 6) is 1.03. The number of nitrogens with one attached hydrogen (secondary N) is 1. The number of hydrogen-bond acceptors (Lipinski definition) is 7. The summed E-state index contributed by atoms with van der Waals surface area (Å²) in [6.45, 7) is 0. The van der Waals surface area contributed by atoms with Crippen molar-refractivity contribution in [1.29, 1.82) is 0 Å². The second-order valence-corrected chi connectivity index (χ2v) is 7.01. The van der Waals surface area contributed by atoms with Crippen LogP contribution in [0.4, 0.5) is 14.7 Å². The van der Waals surface area contributed by atoms with E-state index in [1.165, 1.54) is 34.8 Å². The fourth-order valence-electron chi connectivity index (χ4n) is 2.35. The van der Waals surface area contributed by atoms with E-state index >= 15 is 0 Å². The van der Waals surface area contributed by atoms with Crippen molar-refractivity contribution in [2.45, 2.75) is 0 Å². The number of methoxy groups -OCH3 is 2. The highest BCUT2D eigenvalue weighted by molar-refractivity contribution is 7.24. The highest BCUT2D eigenvalue weighted by Gasteiger charge is 2.12. The number of fused-ring (bicyclic) bond motifs is 2. The lowest BCUT2D eigenvalue weighted by atomic mass is 10.3. The monoisotopic (exact) mass is 361 g/mol. The number of ether oxygens (including phenoxy) is 2. The zero-order chi connectivity index (χ0) is 16.7. The van der Waals surface area contributed by atoms with Crippen molar-refractivity contribution in [2.75, 3.05) is 19.5 Å². The molecule has 0 spiro atoms. The summed E-state index contributed by atoms with van der Waals surface area (Å²) in [5.41, 5.74) is 1.57. The topological polar surface area (TPSA) is 56.3 Å². The third-order valence-electron chi connectivity index (χ3n) is 3.46. The molecule has 2 aromatic heterocycles. The molecule has 1 N–H and O–H groups in total. The maximum atomic E-state index is 13.3. The van der Waals surface area contributed by atoms with Gasteiger partial charge in [0.25, 0.3) is 0 Å². The Bertz CT molecular complexity index is 1000. The first-order valence-electron chi connectivity index (χ1n) is 7.02. The number of halogens is 1. The molecule has 8 heteroatoms. The van der Waals surface area contributed by atoms with Gasteiger partial charge in [-0.1, -0.05) is 22.7 Å². The first-order valence-corrected chi connectivity index (χ1v) is 8.65. The van der Waals surface area contributed by atoms with Gasteiger partial charge in [0.05, 0.1) is 34.7 Å². The van der Waals surface area contributed by atoms with Crippen LogP contribution >= 0.6 is 22.7 Å². The zero-order valence-electron chi connectivity index (χ0n) is 12.8. The number of rotatable bonds is 4. The van der Waals surface area contributed by atoms with Crippen molar-refractivity contribution < 1.29 is 13.9 Å². The van der Waals surface area contributed by atoms with Gasteiger partial charge in [-0.15, -0.1) is 0 Å². The fraction of sp³-hybridized carbons (Fsp3) is 0.125. The van der Waals surface area contributed by atoms with E-state index in [1.54, 1.807) is 20.3 Å². The molecule has 5 nitrogen and oxygen atoms in total. The SMILES string of the molecule is COc1cc2nc(Nc3nc4ccc(F)cc4s3)sc2cc1OC. The van der Waals surface area contributed by atoms with Crippen molar-refractivity contribution >= 4 is 53.4 Å². The van der Waals surface area contributed by atoms with Crippen molar-refractivity contribution in [2.24, 2.45) is 0 Å². The van der Waals surface area contributed by atoms with Gasteiger partial charge < -0.3 is 14.8 Å². The van der Waals surface area contributed by atoms with Gasteiger partial charge in [-0.2, -0.15) is 0 Å². The smallest absolute Gasteiger partial charge is 0.190 e. The van der Waals surface area contributed by atoms with Crippen LogP contribution in [-0.4, -0.2) is 24.2 Å². The summed E-state index contributed by atoms with van der Waals surface area (Å²) in [7, 11) is 3.19. The number of nitrogens with zero attached hydrogens (tertiary/aromatic N) is 2. The summed E-state index contributed by atoms with van der Waals surface area (Å²) < 4.78 is 25.7. The Morgan fingerprint density at radius 2 is 1.50 bits per heavy atom. The molecule has 0 aliphatic heterocycles. The first kappa shape index (κ1) is 15.1. The lowest BCUT2D eigenvalue weighted by Crippen LogP contribution is -1.90. The quantitative estimate of drug-likeness (QED) is 0.565. The average Bonchev–Trinajstić information content (AvgIpc) is 3.15. The van der Waals surface area contributed by atoms with E-state index in [1.807, 2.05) is 12.1 Å². The second-order valence-electron chi connectivity index (χ2n) is 4.95. The minimum atomic E-state index is -0.267. The molecular weight excluding hydrogens is 349 g/mol. The molecule has 0 saturated carbocycles. The largest absolute Gasteiger partial charge is 0.493 e. The van der Waals surface area contributed by atoms with Gasteiger partial charge in [0, 0.05) is 12.1 Å². The van der Waals surface area contributed by atoms with E-state index in [0.29, 0.717) is 21.8 Å². The first-order chi connectivity index (χ1) is 11.7. The molecule has 2 aromatic carbocycles. The van der Waals surface area contributed by atoms with E-state index in [4.69, 9.17) is 9.47 Å². The van der Waals surface area contributed by atoms with Crippen molar-refractivity contribution in [3.05, 3.63) is 36.1 Å². The zero-order valence-corrected chi connectivity index (χ0v) is 14.4. The van der Waals surface area contributed by atoms with Gasteiger partial charge in [-0.3, -0.25) is 0 Å². The maximum Gasteiger partial charge on any atom is 0.190 e. The molecule has 0 unspecified atom stereocenters. The third-order valence-corrected chi connectivity index (χ3v) is 5.33. The highest BCUT2D eigenvalue weighted by Crippen LogP contribution is 2.37. The van der Waals surface area contributed by atoms with Crippen LogP contribution in [0, 0.1) is 5.82 Å². The Balaban J connectivity index is 1.70. The average molecular weight is 361 g/mol. The van der Waals surface area contributed by atoms with Gasteiger partial charge in [0.2, 0.25) is 0 Å². The molecule has 0 atom stereocenters. The fourth-order valence-corrected chi connectivity index (χ4v) is 4.18. The van der Waals surface area contributed by atoms with E-state index < -0.39 is 0 Å². The summed E-state index contributed by atoms with van der Waals surface area (Å²) in [6, 6.07) is 8.28. The maximum absolute atomic E-state index is 13.3. The predicted molar refractivity (Wildman–Crippen MR) is 95.6 cm³/mol. The van der Waals surface area contributed by atoms with Crippen molar-refractivity contribution in [3.63, 3.8) is 0 Å². The molecule has 0 aliphatic rings. The number of aromatic nitrogens is 2. The van der Waals surface area contributed by atoms with E-state index in [-0.39, 0.29) is 5.82 Å².